The maximum absolute atomic E-state index is 12.3. The third-order valence-electron chi connectivity index (χ3n) is 4.37. The smallest absolute Gasteiger partial charge is 0.222 e. The van der Waals surface area contributed by atoms with Gasteiger partial charge in [-0.25, -0.2) is 0 Å². The zero-order chi connectivity index (χ0) is 15.9. The number of rotatable bonds is 2. The summed E-state index contributed by atoms with van der Waals surface area (Å²) in [6.45, 7) is 3.44. The summed E-state index contributed by atoms with van der Waals surface area (Å²) < 4.78 is 0. The van der Waals surface area contributed by atoms with E-state index in [9.17, 15) is 4.79 Å². The number of carbonyl (C=O) groups excluding carboxylic acids is 1. The van der Waals surface area contributed by atoms with Crippen molar-refractivity contribution in [1.82, 2.24) is 10.2 Å². The van der Waals surface area contributed by atoms with E-state index in [-0.39, 0.29) is 5.91 Å². The molecular weight excluding hydrogens is 274 g/mol. The molecule has 0 spiro atoms. The van der Waals surface area contributed by atoms with E-state index in [4.69, 9.17) is 5.26 Å². The average molecular weight is 307 g/mol. The second-order valence-electron chi connectivity index (χ2n) is 6.32. The lowest BCUT2D eigenvalue weighted by molar-refractivity contribution is -0.131. The summed E-state index contributed by atoms with van der Waals surface area (Å²) in [4.78, 5) is 14.2. The molecule has 1 fully saturated rings. The van der Waals surface area contributed by atoms with Crippen molar-refractivity contribution >= 4 is 5.91 Å². The summed E-state index contributed by atoms with van der Waals surface area (Å²) in [5.41, 5.74) is 0. The van der Waals surface area contributed by atoms with Crippen molar-refractivity contribution < 1.29 is 4.79 Å². The van der Waals surface area contributed by atoms with Crippen LogP contribution < -0.4 is 5.32 Å². The molecule has 1 saturated heterocycles. The van der Waals surface area contributed by atoms with Crippen LogP contribution in [0.4, 0.5) is 0 Å². The van der Waals surface area contributed by atoms with Gasteiger partial charge in [0, 0.05) is 19.5 Å². The van der Waals surface area contributed by atoms with Crippen LogP contribution in [0.3, 0.4) is 0 Å². The molecule has 4 heteroatoms. The Hall–Kier alpha value is -1.08. The average Bonchev–Trinajstić information content (AvgIpc) is 2.53. The first-order valence-electron chi connectivity index (χ1n) is 9.20. The molecule has 22 heavy (non-hydrogen) atoms. The predicted octanol–water partition coefficient (Wildman–Crippen LogP) is 3.62. The minimum absolute atomic E-state index is 0.236. The molecule has 1 aliphatic heterocycles. The number of nitrogens with one attached hydrogen (secondary N) is 1. The van der Waals surface area contributed by atoms with Crippen LogP contribution in [0.1, 0.15) is 77.0 Å². The first-order chi connectivity index (χ1) is 10.8. The van der Waals surface area contributed by atoms with Gasteiger partial charge in [-0.05, 0) is 32.4 Å². The Morgan fingerprint density at radius 2 is 1.50 bits per heavy atom. The van der Waals surface area contributed by atoms with E-state index >= 15 is 0 Å². The number of amides is 1. The standard InChI is InChI=1S/C18H33N3O/c19-13-10-16-21-17-11-15-20-14-9-7-5-3-1-2-4-6-8-12-18(21)22/h20H,1-12,14-17H2. The molecule has 0 saturated carbocycles. The summed E-state index contributed by atoms with van der Waals surface area (Å²) in [7, 11) is 0. The molecule has 0 aromatic rings. The van der Waals surface area contributed by atoms with E-state index in [1.807, 2.05) is 4.90 Å². The van der Waals surface area contributed by atoms with Crippen molar-refractivity contribution in [3.8, 4) is 6.07 Å². The molecule has 126 valence electrons. The molecule has 0 aromatic carbocycles. The number of hydrogen-bond acceptors (Lipinski definition) is 3. The van der Waals surface area contributed by atoms with E-state index < -0.39 is 0 Å². The van der Waals surface area contributed by atoms with E-state index in [1.54, 1.807) is 0 Å². The Labute approximate surface area is 136 Å². The molecular formula is C18H33N3O. The van der Waals surface area contributed by atoms with E-state index in [1.165, 1.54) is 51.4 Å². The predicted molar refractivity (Wildman–Crippen MR) is 90.5 cm³/mol. The van der Waals surface area contributed by atoms with Crippen LogP contribution in [0.2, 0.25) is 0 Å². The summed E-state index contributed by atoms with van der Waals surface area (Å²) in [6, 6.07) is 2.15. The van der Waals surface area contributed by atoms with Crippen LogP contribution in [0, 0.1) is 11.3 Å². The third-order valence-corrected chi connectivity index (χ3v) is 4.37. The molecule has 1 aliphatic rings. The normalized spacial score (nSPS) is 21.0. The molecule has 0 aliphatic carbocycles. The largest absolute Gasteiger partial charge is 0.342 e. The van der Waals surface area contributed by atoms with Gasteiger partial charge in [0.2, 0.25) is 5.91 Å². The first-order valence-corrected chi connectivity index (χ1v) is 9.20. The Bertz CT molecular complexity index is 325. The lowest BCUT2D eigenvalue weighted by Crippen LogP contribution is -2.34. The monoisotopic (exact) mass is 307 g/mol. The molecule has 0 bridgehead atoms. The van der Waals surface area contributed by atoms with Gasteiger partial charge in [0.1, 0.15) is 0 Å². The van der Waals surface area contributed by atoms with Gasteiger partial charge in [-0.3, -0.25) is 4.79 Å². The summed E-state index contributed by atoms with van der Waals surface area (Å²) in [6.07, 6.45) is 13.5. The Balaban J connectivity index is 2.36. The second kappa shape index (κ2) is 13.6. The van der Waals surface area contributed by atoms with Gasteiger partial charge >= 0.3 is 0 Å². The van der Waals surface area contributed by atoms with Gasteiger partial charge in [-0.1, -0.05) is 44.9 Å². The Morgan fingerprint density at radius 1 is 0.909 bits per heavy atom. The van der Waals surface area contributed by atoms with Gasteiger partial charge in [-0.2, -0.15) is 5.26 Å². The highest BCUT2D eigenvalue weighted by atomic mass is 16.2. The Kier molecular flexibility index (Phi) is 11.7. The minimum Gasteiger partial charge on any atom is -0.342 e. The third kappa shape index (κ3) is 9.78. The van der Waals surface area contributed by atoms with Crippen LogP contribution in [0.5, 0.6) is 0 Å². The number of carbonyl (C=O) groups is 1. The van der Waals surface area contributed by atoms with E-state index in [0.717, 1.165) is 32.5 Å². The van der Waals surface area contributed by atoms with Crippen molar-refractivity contribution in [3.63, 3.8) is 0 Å². The van der Waals surface area contributed by atoms with E-state index in [0.29, 0.717) is 19.4 Å². The van der Waals surface area contributed by atoms with E-state index in [2.05, 4.69) is 11.4 Å². The lowest BCUT2D eigenvalue weighted by atomic mass is 10.1. The molecule has 4 nitrogen and oxygen atoms in total. The first kappa shape index (κ1) is 19.0. The topological polar surface area (TPSA) is 56.1 Å². The highest BCUT2D eigenvalue weighted by molar-refractivity contribution is 5.76. The second-order valence-corrected chi connectivity index (χ2v) is 6.32. The van der Waals surface area contributed by atoms with Gasteiger partial charge in [-0.15, -0.1) is 0 Å². The van der Waals surface area contributed by atoms with Crippen LogP contribution in [0.15, 0.2) is 0 Å². The lowest BCUT2D eigenvalue weighted by Gasteiger charge is -2.21. The molecule has 0 radical (unpaired) electrons. The molecule has 1 rings (SSSR count). The van der Waals surface area contributed by atoms with Crippen LogP contribution >= 0.6 is 0 Å². The molecule has 0 unspecified atom stereocenters. The molecule has 0 aromatic heterocycles. The number of nitriles is 1. The quantitative estimate of drug-likeness (QED) is 0.847. The molecule has 1 heterocycles. The summed E-state index contributed by atoms with van der Waals surface area (Å²) in [5.74, 6) is 0.236. The highest BCUT2D eigenvalue weighted by Crippen LogP contribution is 2.11. The SMILES string of the molecule is N#CCCN1CCCNCCCCCCCCCCCC1=O. The fourth-order valence-electron chi connectivity index (χ4n) is 2.99. The molecule has 1 N–H and O–H groups in total. The fourth-order valence-corrected chi connectivity index (χ4v) is 2.99. The fraction of sp³-hybridized carbons (Fsp3) is 0.889. The van der Waals surface area contributed by atoms with Crippen molar-refractivity contribution in [2.75, 3.05) is 26.2 Å². The van der Waals surface area contributed by atoms with Crippen molar-refractivity contribution in [1.29, 1.82) is 5.26 Å². The van der Waals surface area contributed by atoms with Gasteiger partial charge in [0.15, 0.2) is 0 Å². The minimum atomic E-state index is 0.236. The van der Waals surface area contributed by atoms with Crippen LogP contribution in [-0.4, -0.2) is 37.0 Å². The van der Waals surface area contributed by atoms with Crippen molar-refractivity contribution in [2.45, 2.75) is 77.0 Å². The van der Waals surface area contributed by atoms with Crippen LogP contribution in [0.25, 0.3) is 0 Å². The number of hydrogen-bond donors (Lipinski definition) is 1. The zero-order valence-corrected chi connectivity index (χ0v) is 14.1. The zero-order valence-electron chi connectivity index (χ0n) is 14.1. The highest BCUT2D eigenvalue weighted by Gasteiger charge is 2.12. The summed E-state index contributed by atoms with van der Waals surface area (Å²) >= 11 is 0. The van der Waals surface area contributed by atoms with Gasteiger partial charge < -0.3 is 10.2 Å². The van der Waals surface area contributed by atoms with Gasteiger partial charge in [0.05, 0.1) is 12.5 Å². The van der Waals surface area contributed by atoms with Crippen molar-refractivity contribution in [3.05, 3.63) is 0 Å². The molecule has 1 amide bonds. The number of nitrogens with zero attached hydrogens (tertiary/aromatic N) is 2. The Morgan fingerprint density at radius 3 is 2.18 bits per heavy atom. The maximum Gasteiger partial charge on any atom is 0.222 e. The van der Waals surface area contributed by atoms with Gasteiger partial charge in [0.25, 0.3) is 0 Å². The molecule has 0 atom stereocenters. The van der Waals surface area contributed by atoms with Crippen molar-refractivity contribution in [2.24, 2.45) is 0 Å². The summed E-state index contributed by atoms with van der Waals surface area (Å²) in [5, 5.41) is 12.2. The van der Waals surface area contributed by atoms with Crippen LogP contribution in [-0.2, 0) is 4.79 Å². The maximum atomic E-state index is 12.3.